The topological polar surface area (TPSA) is 161 Å². The molecule has 0 heterocycles. The zero-order chi connectivity index (χ0) is 13.0. The van der Waals surface area contributed by atoms with Gasteiger partial charge in [0.05, 0.1) is 5.56 Å². The van der Waals surface area contributed by atoms with Crippen molar-refractivity contribution < 1.29 is 9.90 Å². The summed E-state index contributed by atoms with van der Waals surface area (Å²) in [5.41, 5.74) is 3.45. The van der Waals surface area contributed by atoms with Crippen LogP contribution in [0.1, 0.15) is 10.4 Å². The number of rotatable bonds is 2. The molecule has 0 radical (unpaired) electrons. The van der Waals surface area contributed by atoms with Crippen LogP contribution in [0.3, 0.4) is 0 Å². The highest BCUT2D eigenvalue weighted by Gasteiger charge is 2.16. The smallest absolute Gasteiger partial charge is 0.339 e. The van der Waals surface area contributed by atoms with Crippen LogP contribution in [0.15, 0.2) is 31.1 Å². The second-order valence-electron chi connectivity index (χ2n) is 2.64. The fraction of sp³-hybridized carbons (Fsp3) is 0. The van der Waals surface area contributed by atoms with Crippen LogP contribution in [0, 0.1) is 10.9 Å². The van der Waals surface area contributed by atoms with Crippen LogP contribution in [0.2, 0.25) is 0 Å². The summed E-state index contributed by atoms with van der Waals surface area (Å²) >= 11 is 0. The van der Waals surface area contributed by atoms with E-state index in [1.807, 2.05) is 0 Å². The molecule has 0 aromatic heterocycles. The maximum absolute atomic E-state index is 11.3. The van der Waals surface area contributed by atoms with Gasteiger partial charge >= 0.3 is 11.1 Å². The Morgan fingerprint density at radius 3 is 2.53 bits per heavy atom. The Morgan fingerprint density at radius 1 is 1.41 bits per heavy atom. The third-order valence-electron chi connectivity index (χ3n) is 1.72. The first-order valence-corrected chi connectivity index (χ1v) is 3.93. The van der Waals surface area contributed by atoms with Gasteiger partial charge in [-0.15, -0.1) is 5.10 Å². The highest BCUT2D eigenvalue weighted by molar-refractivity contribution is 5.87. The lowest BCUT2D eigenvalue weighted by molar-refractivity contribution is 0.0695. The number of diazo groups is 1. The van der Waals surface area contributed by atoms with E-state index in [0.29, 0.717) is 6.07 Å². The number of aromatic carboxylic acids is 1. The summed E-state index contributed by atoms with van der Waals surface area (Å²) in [6, 6.07) is 0.525. The molecule has 1 aromatic carbocycles. The van der Waals surface area contributed by atoms with E-state index >= 15 is 0 Å². The van der Waals surface area contributed by atoms with E-state index in [2.05, 4.69) is 20.5 Å². The van der Waals surface area contributed by atoms with Crippen molar-refractivity contribution in [3.8, 4) is 0 Å². The lowest BCUT2D eigenvalue weighted by Gasteiger charge is -1.89. The molecule has 0 bridgehead atoms. The maximum Gasteiger partial charge on any atom is 0.339 e. The Labute approximate surface area is 91.0 Å². The van der Waals surface area contributed by atoms with Gasteiger partial charge in [-0.05, 0) is 0 Å². The van der Waals surface area contributed by atoms with E-state index in [0.717, 1.165) is 0 Å². The largest absolute Gasteiger partial charge is 0.478 e. The Kier molecular flexibility index (Phi) is 3.26. The molecule has 0 saturated heterocycles. The highest BCUT2D eigenvalue weighted by atomic mass is 16.4. The summed E-state index contributed by atoms with van der Waals surface area (Å²) in [5.74, 6) is -1.56. The zero-order valence-electron chi connectivity index (χ0n) is 7.99. The van der Waals surface area contributed by atoms with Crippen molar-refractivity contribution in [1.29, 1.82) is 10.9 Å². The van der Waals surface area contributed by atoms with Crippen LogP contribution in [0.25, 0.3) is 5.08 Å². The van der Waals surface area contributed by atoms with Gasteiger partial charge in [0.1, 0.15) is 0 Å². The molecule has 0 atom stereocenters. The molecule has 0 aliphatic rings. The molecule has 0 unspecified atom stereocenters. The average molecular weight is 235 g/mol. The number of nitrogens with zero attached hydrogens (tertiary/aromatic N) is 5. The molecule has 0 aliphatic heterocycles. The predicted octanol–water partition coefficient (Wildman–Crippen LogP) is -1.50. The summed E-state index contributed by atoms with van der Waals surface area (Å²) < 4.78 is 0. The second kappa shape index (κ2) is 4.62. The molecule has 1 aromatic rings. The number of benzene rings is 1. The molecule has 0 saturated carbocycles. The van der Waals surface area contributed by atoms with E-state index in [1.165, 1.54) is 0 Å². The Balaban J connectivity index is 4.16. The van der Waals surface area contributed by atoms with Crippen molar-refractivity contribution >= 4 is 5.97 Å². The van der Waals surface area contributed by atoms with Crippen LogP contribution < -0.4 is 21.6 Å². The van der Waals surface area contributed by atoms with Crippen LogP contribution in [0.4, 0.5) is 0 Å². The molecule has 17 heavy (non-hydrogen) atoms. The summed E-state index contributed by atoms with van der Waals surface area (Å²) in [7, 11) is 0. The Bertz CT molecular complexity index is 749. The monoisotopic (exact) mass is 235 g/mol. The van der Waals surface area contributed by atoms with Gasteiger partial charge in [0.15, 0.2) is 15.8 Å². The first-order chi connectivity index (χ1) is 8.02. The van der Waals surface area contributed by atoms with Gasteiger partial charge < -0.3 is 5.11 Å². The number of carboxylic acid groups (broad SMARTS) is 1. The van der Waals surface area contributed by atoms with E-state index in [4.69, 9.17) is 16.0 Å². The third-order valence-corrected chi connectivity index (χ3v) is 1.72. The van der Waals surface area contributed by atoms with E-state index < -0.39 is 33.1 Å². The zero-order valence-corrected chi connectivity index (χ0v) is 7.99. The Hall–Kier alpha value is -3.09. The minimum absolute atomic E-state index is 0.525. The fourth-order valence-electron chi connectivity index (χ4n) is 1.07. The normalized spacial score (nSPS) is 12.2. The number of carbonyl (C=O) groups is 1. The first kappa shape index (κ1) is 12.0. The van der Waals surface area contributed by atoms with Gasteiger partial charge in [0, 0.05) is 6.07 Å². The number of hydrogen-bond donors (Lipinski definition) is 2. The predicted molar refractivity (Wildman–Crippen MR) is 49.7 cm³/mol. The Morgan fingerprint density at radius 2 is 2.06 bits per heavy atom. The lowest BCUT2D eigenvalue weighted by atomic mass is 10.2. The van der Waals surface area contributed by atoms with Crippen molar-refractivity contribution in [2.24, 2.45) is 15.4 Å². The first-order valence-electron chi connectivity index (χ1n) is 3.93. The van der Waals surface area contributed by atoms with Gasteiger partial charge in [-0.3, -0.25) is 9.59 Å². The SMILES string of the molecule is N#[N+]N=c1c(C(=O)O)cc(=O)c(=O)c1=NN=N. The van der Waals surface area contributed by atoms with Crippen molar-refractivity contribution in [1.82, 2.24) is 0 Å². The molecule has 84 valence electrons. The highest BCUT2D eigenvalue weighted by Crippen LogP contribution is 1.83. The summed E-state index contributed by atoms with van der Waals surface area (Å²) in [4.78, 5) is 33.2. The standard InChI is InChI=1S/C7H2N6O4/c8-12-10-4-2(7(16)17)1-3(14)6(15)5(4)11-13-9/h1,9H/p+1. The molecular formula is C7H3N6O4+. The molecule has 2 N–H and O–H groups in total. The summed E-state index contributed by atoms with van der Waals surface area (Å²) in [5, 5.41) is 26.4. The van der Waals surface area contributed by atoms with Crippen LogP contribution >= 0.6 is 0 Å². The molecule has 1 rings (SSSR count). The van der Waals surface area contributed by atoms with E-state index in [-0.39, 0.29) is 0 Å². The average Bonchev–Trinajstić information content (AvgIpc) is 2.28. The summed E-state index contributed by atoms with van der Waals surface area (Å²) in [6.45, 7) is 0. The van der Waals surface area contributed by atoms with Crippen molar-refractivity contribution in [2.75, 3.05) is 0 Å². The van der Waals surface area contributed by atoms with Gasteiger partial charge in [-0.25, -0.2) is 4.79 Å². The fourth-order valence-corrected chi connectivity index (χ4v) is 1.07. The molecule has 0 amide bonds. The molecule has 10 heteroatoms. The van der Waals surface area contributed by atoms with Gasteiger partial charge in [0.25, 0.3) is 10.8 Å². The van der Waals surface area contributed by atoms with Crippen LogP contribution in [-0.4, -0.2) is 11.1 Å². The quantitative estimate of drug-likeness (QED) is 0.275. The van der Waals surface area contributed by atoms with E-state index in [1.54, 1.807) is 0 Å². The van der Waals surface area contributed by atoms with E-state index in [9.17, 15) is 14.4 Å². The lowest BCUT2D eigenvalue weighted by Crippen LogP contribution is -2.49. The maximum atomic E-state index is 11.3. The summed E-state index contributed by atoms with van der Waals surface area (Å²) in [6.07, 6.45) is 0. The number of nitrogens with one attached hydrogen (secondary N) is 1. The number of hydrogen-bond acceptors (Lipinski definition) is 7. The van der Waals surface area contributed by atoms with Crippen LogP contribution in [-0.2, 0) is 0 Å². The third kappa shape index (κ3) is 2.12. The molecular weight excluding hydrogens is 232 g/mol. The molecule has 0 aliphatic carbocycles. The minimum atomic E-state index is -1.56. The van der Waals surface area contributed by atoms with Gasteiger partial charge in [-0.1, -0.05) is 5.22 Å². The molecule has 0 spiro atoms. The second-order valence-corrected chi connectivity index (χ2v) is 2.64. The number of carboxylic acids is 1. The van der Waals surface area contributed by atoms with Crippen molar-refractivity contribution in [2.45, 2.75) is 0 Å². The van der Waals surface area contributed by atoms with Crippen LogP contribution in [0.5, 0.6) is 0 Å². The van der Waals surface area contributed by atoms with Gasteiger partial charge in [-0.2, -0.15) is 5.53 Å². The molecule has 10 nitrogen and oxygen atoms in total. The van der Waals surface area contributed by atoms with Crippen molar-refractivity contribution in [3.63, 3.8) is 0 Å². The van der Waals surface area contributed by atoms with Crippen molar-refractivity contribution in [3.05, 3.63) is 47.9 Å². The molecule has 0 fully saturated rings. The minimum Gasteiger partial charge on any atom is -0.478 e. The van der Waals surface area contributed by atoms with Gasteiger partial charge in [0.2, 0.25) is 5.43 Å².